The van der Waals surface area contributed by atoms with Gasteiger partial charge in [0.05, 0.1) is 19.1 Å². The molecule has 150 valence electrons. The number of benzene rings is 1. The highest BCUT2D eigenvalue weighted by Gasteiger charge is 2.41. The third kappa shape index (κ3) is 4.01. The minimum atomic E-state index is -0.966. The maximum atomic E-state index is 12.7. The summed E-state index contributed by atoms with van der Waals surface area (Å²) in [7, 11) is 2.81. The number of hydrogen-bond donors (Lipinski definition) is 0. The Bertz CT molecular complexity index is 817. The van der Waals surface area contributed by atoms with Gasteiger partial charge in [-0.2, -0.15) is 0 Å². The first kappa shape index (κ1) is 20.3. The van der Waals surface area contributed by atoms with Gasteiger partial charge in [0, 0.05) is 30.4 Å². The monoisotopic (exact) mass is 404 g/mol. The van der Waals surface area contributed by atoms with Crippen LogP contribution in [0.25, 0.3) is 6.08 Å². The lowest BCUT2D eigenvalue weighted by Crippen LogP contribution is -2.42. The van der Waals surface area contributed by atoms with Crippen LogP contribution < -0.4 is 9.64 Å². The Hall–Kier alpha value is -2.48. The maximum Gasteiger partial charge on any atom is 0.328 e. The van der Waals surface area contributed by atoms with Crippen molar-refractivity contribution in [3.63, 3.8) is 0 Å². The van der Waals surface area contributed by atoms with Gasteiger partial charge in [-0.15, -0.1) is 0 Å². The van der Waals surface area contributed by atoms with E-state index >= 15 is 0 Å². The molecule has 0 N–H and O–H groups in total. The number of imide groups is 1. The lowest BCUT2D eigenvalue weighted by atomic mass is 10.1. The van der Waals surface area contributed by atoms with Crippen LogP contribution in [0, 0.1) is 0 Å². The molecule has 0 saturated carbocycles. The molecule has 1 atom stereocenters. The van der Waals surface area contributed by atoms with E-state index in [0.29, 0.717) is 11.3 Å². The van der Waals surface area contributed by atoms with Crippen molar-refractivity contribution in [1.82, 2.24) is 4.90 Å². The third-order valence-electron chi connectivity index (χ3n) is 4.98. The molecule has 7 nitrogen and oxygen atoms in total. The number of methoxy groups -OCH3 is 2. The van der Waals surface area contributed by atoms with Crippen LogP contribution in [0.2, 0.25) is 0 Å². The molecule has 3 rings (SSSR count). The zero-order valence-corrected chi connectivity index (χ0v) is 17.1. The molecule has 0 aromatic heterocycles. The number of thioether (sulfide) groups is 1. The van der Waals surface area contributed by atoms with Gasteiger partial charge < -0.3 is 14.4 Å². The van der Waals surface area contributed by atoms with Crippen LogP contribution in [0.1, 0.15) is 31.7 Å². The van der Waals surface area contributed by atoms with Crippen LogP contribution in [0.4, 0.5) is 10.5 Å². The Kier molecular flexibility index (Phi) is 6.28. The summed E-state index contributed by atoms with van der Waals surface area (Å²) in [5.74, 6) is -0.502. The number of ether oxygens (including phenoxy) is 2. The molecule has 2 saturated heterocycles. The average Bonchev–Trinajstić information content (AvgIpc) is 3.00. The molecule has 1 aromatic rings. The summed E-state index contributed by atoms with van der Waals surface area (Å²) in [6.07, 6.45) is 5.24. The normalized spacial score (nSPS) is 19.9. The number of hydrogen-bond acceptors (Lipinski definition) is 7. The minimum absolute atomic E-state index is 0.254. The number of amides is 2. The van der Waals surface area contributed by atoms with Crippen LogP contribution in [0.3, 0.4) is 0 Å². The first-order valence-corrected chi connectivity index (χ1v) is 10.1. The Balaban J connectivity index is 1.85. The van der Waals surface area contributed by atoms with Crippen molar-refractivity contribution in [2.24, 2.45) is 0 Å². The van der Waals surface area contributed by atoms with Gasteiger partial charge in [0.2, 0.25) is 0 Å². The van der Waals surface area contributed by atoms with E-state index in [9.17, 15) is 14.4 Å². The van der Waals surface area contributed by atoms with E-state index in [2.05, 4.69) is 9.64 Å². The van der Waals surface area contributed by atoms with Gasteiger partial charge in [-0.3, -0.25) is 14.5 Å². The SMILES string of the molecule is COC(=O)[C@H](C)N1C(=O)S/C(=C/c2ccc(N3CCCCC3)cc2OC)C1=O. The van der Waals surface area contributed by atoms with Gasteiger partial charge in [0.15, 0.2) is 0 Å². The summed E-state index contributed by atoms with van der Waals surface area (Å²) >= 11 is 0.809. The lowest BCUT2D eigenvalue weighted by molar-refractivity contribution is -0.148. The fourth-order valence-electron chi connectivity index (χ4n) is 3.40. The molecule has 0 spiro atoms. The quantitative estimate of drug-likeness (QED) is 0.551. The second-order valence-electron chi connectivity index (χ2n) is 6.72. The molecule has 2 aliphatic rings. The Morgan fingerprint density at radius 3 is 2.54 bits per heavy atom. The number of piperidine rings is 1. The van der Waals surface area contributed by atoms with E-state index in [-0.39, 0.29) is 4.91 Å². The van der Waals surface area contributed by atoms with E-state index in [1.165, 1.54) is 33.3 Å². The summed E-state index contributed by atoms with van der Waals surface area (Å²) in [6, 6.07) is 4.88. The highest BCUT2D eigenvalue weighted by molar-refractivity contribution is 8.18. The Morgan fingerprint density at radius 1 is 1.18 bits per heavy atom. The molecule has 0 radical (unpaired) electrons. The zero-order chi connectivity index (χ0) is 20.3. The van der Waals surface area contributed by atoms with Crippen molar-refractivity contribution in [2.45, 2.75) is 32.2 Å². The Morgan fingerprint density at radius 2 is 1.89 bits per heavy atom. The van der Waals surface area contributed by atoms with Crippen LogP contribution in [-0.4, -0.2) is 55.4 Å². The summed E-state index contributed by atoms with van der Waals surface area (Å²) in [5, 5.41) is -0.488. The van der Waals surface area contributed by atoms with Crippen molar-refractivity contribution in [1.29, 1.82) is 0 Å². The van der Waals surface area contributed by atoms with Crippen molar-refractivity contribution in [3.8, 4) is 5.75 Å². The molecule has 8 heteroatoms. The maximum absolute atomic E-state index is 12.7. The number of anilines is 1. The van der Waals surface area contributed by atoms with E-state index in [0.717, 1.165) is 35.4 Å². The fraction of sp³-hybridized carbons (Fsp3) is 0.450. The summed E-state index contributed by atoms with van der Waals surface area (Å²) in [4.78, 5) is 40.1. The first-order valence-electron chi connectivity index (χ1n) is 9.24. The van der Waals surface area contributed by atoms with Gasteiger partial charge in [-0.05, 0) is 56.2 Å². The van der Waals surface area contributed by atoms with Gasteiger partial charge in [0.1, 0.15) is 11.8 Å². The van der Waals surface area contributed by atoms with Gasteiger partial charge in [-0.1, -0.05) is 0 Å². The molecule has 1 aromatic carbocycles. The molecule has 28 heavy (non-hydrogen) atoms. The molecule has 2 heterocycles. The van der Waals surface area contributed by atoms with Crippen molar-refractivity contribution in [3.05, 3.63) is 28.7 Å². The number of carbonyl (C=O) groups excluding carboxylic acids is 3. The molecule has 2 aliphatic heterocycles. The zero-order valence-electron chi connectivity index (χ0n) is 16.3. The van der Waals surface area contributed by atoms with Crippen molar-refractivity contribution in [2.75, 3.05) is 32.2 Å². The van der Waals surface area contributed by atoms with Crippen LogP contribution >= 0.6 is 11.8 Å². The van der Waals surface area contributed by atoms with Crippen LogP contribution in [0.15, 0.2) is 23.1 Å². The summed E-state index contributed by atoms with van der Waals surface area (Å²) in [6.45, 7) is 3.51. The summed E-state index contributed by atoms with van der Waals surface area (Å²) in [5.41, 5.74) is 1.79. The topological polar surface area (TPSA) is 76.2 Å². The predicted octanol–water partition coefficient (Wildman–Crippen LogP) is 3.28. The summed E-state index contributed by atoms with van der Waals surface area (Å²) < 4.78 is 10.2. The highest BCUT2D eigenvalue weighted by atomic mass is 32.2. The van der Waals surface area contributed by atoms with Crippen molar-refractivity contribution < 1.29 is 23.9 Å². The van der Waals surface area contributed by atoms with Gasteiger partial charge in [-0.25, -0.2) is 4.79 Å². The second kappa shape index (κ2) is 8.68. The minimum Gasteiger partial charge on any atom is -0.496 e. The van der Waals surface area contributed by atoms with Crippen LogP contribution in [0.5, 0.6) is 5.75 Å². The fourth-order valence-corrected chi connectivity index (χ4v) is 4.30. The number of rotatable bonds is 5. The van der Waals surface area contributed by atoms with E-state index in [1.54, 1.807) is 13.2 Å². The lowest BCUT2D eigenvalue weighted by Gasteiger charge is -2.29. The third-order valence-corrected chi connectivity index (χ3v) is 5.86. The molecule has 0 bridgehead atoms. The van der Waals surface area contributed by atoms with Crippen LogP contribution in [-0.2, 0) is 14.3 Å². The number of nitrogens with zero attached hydrogens (tertiary/aromatic N) is 2. The average molecular weight is 404 g/mol. The molecule has 2 amide bonds. The highest BCUT2D eigenvalue weighted by Crippen LogP contribution is 2.36. The Labute approximate surface area is 168 Å². The van der Waals surface area contributed by atoms with Gasteiger partial charge in [0.25, 0.3) is 11.1 Å². The largest absolute Gasteiger partial charge is 0.496 e. The predicted molar refractivity (Wildman–Crippen MR) is 108 cm³/mol. The van der Waals surface area contributed by atoms with E-state index < -0.39 is 23.2 Å². The van der Waals surface area contributed by atoms with Crippen molar-refractivity contribution >= 4 is 40.6 Å². The molecule has 2 fully saturated rings. The van der Waals surface area contributed by atoms with E-state index in [4.69, 9.17) is 4.74 Å². The van der Waals surface area contributed by atoms with E-state index in [1.807, 2.05) is 18.2 Å². The number of carbonyl (C=O) groups is 3. The molecular weight excluding hydrogens is 380 g/mol. The molecular formula is C20H24N2O5S. The standard InChI is InChI=1S/C20H24N2O5S/c1-13(19(24)27-3)22-18(23)17(28-20(22)25)11-14-7-8-15(12-16(14)26-2)21-9-5-4-6-10-21/h7-8,11-13H,4-6,9-10H2,1-3H3/b17-11+/t13-/m0/s1. The molecule has 0 unspecified atom stereocenters. The molecule has 0 aliphatic carbocycles. The first-order chi connectivity index (χ1) is 13.5. The number of esters is 1. The van der Waals surface area contributed by atoms with Gasteiger partial charge >= 0.3 is 5.97 Å². The second-order valence-corrected chi connectivity index (χ2v) is 7.72. The smallest absolute Gasteiger partial charge is 0.328 e.